The zero-order chi connectivity index (χ0) is 18.2. The molecule has 4 aromatic rings. The van der Waals surface area contributed by atoms with Crippen molar-refractivity contribution < 1.29 is 4.52 Å². The van der Waals surface area contributed by atoms with E-state index < -0.39 is 0 Å². The summed E-state index contributed by atoms with van der Waals surface area (Å²) in [4.78, 5) is 4.55. The van der Waals surface area contributed by atoms with Gasteiger partial charge in [-0.25, -0.2) is 0 Å². The van der Waals surface area contributed by atoms with E-state index in [2.05, 4.69) is 37.8 Å². The normalized spacial score (nSPS) is 16.0. The van der Waals surface area contributed by atoms with E-state index in [1.807, 2.05) is 18.2 Å². The molecule has 1 atom stereocenters. The Morgan fingerprint density at radius 2 is 2.22 bits per heavy atom. The van der Waals surface area contributed by atoms with Gasteiger partial charge in [0, 0.05) is 17.3 Å². The largest absolute Gasteiger partial charge is 0.377 e. The maximum absolute atomic E-state index is 9.10. The molecular formula is C20H16N6O. The van der Waals surface area contributed by atoms with E-state index in [4.69, 9.17) is 9.78 Å². The third-order valence-corrected chi connectivity index (χ3v) is 5.01. The number of nitriles is 1. The molecule has 0 bridgehead atoms. The summed E-state index contributed by atoms with van der Waals surface area (Å²) in [6.45, 7) is 0. The Hall–Kier alpha value is -3.66. The number of benzene rings is 1. The number of rotatable bonds is 3. The van der Waals surface area contributed by atoms with Gasteiger partial charge in [0.05, 0.1) is 34.6 Å². The van der Waals surface area contributed by atoms with Crippen LogP contribution >= 0.6 is 0 Å². The highest BCUT2D eigenvalue weighted by Gasteiger charge is 2.22. The Morgan fingerprint density at radius 3 is 3.07 bits per heavy atom. The number of aryl methyl sites for hydroxylation is 1. The minimum absolute atomic E-state index is 0.130. The van der Waals surface area contributed by atoms with Gasteiger partial charge in [-0.2, -0.15) is 10.4 Å². The first-order valence-electron chi connectivity index (χ1n) is 8.85. The SMILES string of the molecule is N#Cc1cnc2c(c1)CCC[C@@H]2Nc1ccc2[nH]nc(-c3cnoc3)c2c1. The molecule has 0 saturated carbocycles. The second-order valence-corrected chi connectivity index (χ2v) is 6.71. The van der Waals surface area contributed by atoms with Crippen molar-refractivity contribution in [3.05, 3.63) is 59.7 Å². The Morgan fingerprint density at radius 1 is 1.26 bits per heavy atom. The minimum atomic E-state index is 0.130. The Labute approximate surface area is 155 Å². The topological polar surface area (TPSA) is 103 Å². The number of hydrogen-bond donors (Lipinski definition) is 2. The Kier molecular flexibility index (Phi) is 3.61. The van der Waals surface area contributed by atoms with Crippen molar-refractivity contribution in [3.63, 3.8) is 0 Å². The molecule has 0 unspecified atom stereocenters. The number of nitrogens with one attached hydrogen (secondary N) is 2. The number of pyridine rings is 1. The zero-order valence-corrected chi connectivity index (χ0v) is 14.4. The molecule has 27 heavy (non-hydrogen) atoms. The van der Waals surface area contributed by atoms with Crippen molar-refractivity contribution in [1.29, 1.82) is 5.26 Å². The second kappa shape index (κ2) is 6.25. The van der Waals surface area contributed by atoms with Gasteiger partial charge in [0.1, 0.15) is 18.0 Å². The fourth-order valence-corrected chi connectivity index (χ4v) is 3.72. The van der Waals surface area contributed by atoms with Crippen LogP contribution in [0.25, 0.3) is 22.2 Å². The molecule has 1 aliphatic carbocycles. The van der Waals surface area contributed by atoms with Crippen molar-refractivity contribution in [2.24, 2.45) is 0 Å². The fraction of sp³-hybridized carbons (Fsp3) is 0.200. The van der Waals surface area contributed by atoms with Gasteiger partial charge in [0.15, 0.2) is 0 Å². The van der Waals surface area contributed by atoms with Crippen molar-refractivity contribution in [2.45, 2.75) is 25.3 Å². The predicted molar refractivity (Wildman–Crippen MR) is 99.8 cm³/mol. The van der Waals surface area contributed by atoms with E-state index in [0.717, 1.165) is 58.4 Å². The number of aromatic nitrogens is 4. The van der Waals surface area contributed by atoms with Crippen LogP contribution in [0, 0.1) is 11.3 Å². The average molecular weight is 356 g/mol. The molecule has 0 saturated heterocycles. The van der Waals surface area contributed by atoms with Crippen LogP contribution in [0.2, 0.25) is 0 Å². The molecule has 7 nitrogen and oxygen atoms in total. The van der Waals surface area contributed by atoms with Gasteiger partial charge in [-0.3, -0.25) is 10.1 Å². The van der Waals surface area contributed by atoms with E-state index in [1.165, 1.54) is 0 Å². The summed E-state index contributed by atoms with van der Waals surface area (Å²) in [7, 11) is 0. The molecule has 0 aliphatic heterocycles. The Bertz CT molecular complexity index is 1160. The molecule has 2 N–H and O–H groups in total. The predicted octanol–water partition coefficient (Wildman–Crippen LogP) is 3.97. The number of H-pyrrole nitrogens is 1. The van der Waals surface area contributed by atoms with Gasteiger partial charge in [-0.05, 0) is 49.1 Å². The summed E-state index contributed by atoms with van der Waals surface area (Å²) < 4.78 is 4.95. The summed E-state index contributed by atoms with van der Waals surface area (Å²) >= 11 is 0. The summed E-state index contributed by atoms with van der Waals surface area (Å²) in [5, 5.41) is 24.9. The smallest absolute Gasteiger partial charge is 0.133 e. The maximum atomic E-state index is 9.10. The summed E-state index contributed by atoms with van der Waals surface area (Å²) in [5.41, 5.74) is 6.43. The van der Waals surface area contributed by atoms with Crippen LogP contribution < -0.4 is 5.32 Å². The third-order valence-electron chi connectivity index (χ3n) is 5.01. The monoisotopic (exact) mass is 356 g/mol. The lowest BCUT2D eigenvalue weighted by atomic mass is 9.91. The van der Waals surface area contributed by atoms with Crippen LogP contribution in [-0.2, 0) is 6.42 Å². The summed E-state index contributed by atoms with van der Waals surface area (Å²) in [5.74, 6) is 0. The summed E-state index contributed by atoms with van der Waals surface area (Å²) in [6.07, 6.45) is 7.94. The fourth-order valence-electron chi connectivity index (χ4n) is 3.72. The van der Waals surface area contributed by atoms with Gasteiger partial charge in [0.25, 0.3) is 0 Å². The van der Waals surface area contributed by atoms with Crippen molar-refractivity contribution in [3.8, 4) is 17.3 Å². The van der Waals surface area contributed by atoms with Crippen molar-refractivity contribution in [1.82, 2.24) is 20.3 Å². The number of nitrogens with zero attached hydrogens (tertiary/aromatic N) is 4. The number of aromatic amines is 1. The number of anilines is 1. The van der Waals surface area contributed by atoms with Crippen LogP contribution in [0.15, 0.2) is 47.4 Å². The van der Waals surface area contributed by atoms with Crippen LogP contribution in [0.3, 0.4) is 0 Å². The third kappa shape index (κ3) is 2.72. The van der Waals surface area contributed by atoms with Gasteiger partial charge in [-0.1, -0.05) is 5.16 Å². The van der Waals surface area contributed by atoms with Gasteiger partial charge in [-0.15, -0.1) is 0 Å². The lowest BCUT2D eigenvalue weighted by Gasteiger charge is -2.26. The molecule has 0 spiro atoms. The zero-order valence-electron chi connectivity index (χ0n) is 14.4. The van der Waals surface area contributed by atoms with Gasteiger partial charge in [0.2, 0.25) is 0 Å². The number of fused-ring (bicyclic) bond motifs is 2. The maximum Gasteiger partial charge on any atom is 0.133 e. The second-order valence-electron chi connectivity index (χ2n) is 6.71. The van der Waals surface area contributed by atoms with Crippen LogP contribution in [0.1, 0.15) is 35.7 Å². The summed E-state index contributed by atoms with van der Waals surface area (Å²) in [6, 6.07) is 10.4. The molecule has 3 aromatic heterocycles. The first-order valence-corrected chi connectivity index (χ1v) is 8.85. The molecule has 1 aromatic carbocycles. The van der Waals surface area contributed by atoms with Crippen molar-refractivity contribution in [2.75, 3.05) is 5.32 Å². The highest BCUT2D eigenvalue weighted by Crippen LogP contribution is 2.33. The minimum Gasteiger partial charge on any atom is -0.377 e. The highest BCUT2D eigenvalue weighted by atomic mass is 16.5. The molecule has 0 amide bonds. The van der Waals surface area contributed by atoms with E-state index in [0.29, 0.717) is 5.56 Å². The van der Waals surface area contributed by atoms with Crippen LogP contribution in [-0.4, -0.2) is 20.3 Å². The lowest BCUT2D eigenvalue weighted by molar-refractivity contribution is 0.420. The number of hydrogen-bond acceptors (Lipinski definition) is 6. The quantitative estimate of drug-likeness (QED) is 0.575. The van der Waals surface area contributed by atoms with Crippen LogP contribution in [0.4, 0.5) is 5.69 Å². The molecule has 0 radical (unpaired) electrons. The lowest BCUT2D eigenvalue weighted by Crippen LogP contribution is -2.19. The van der Waals surface area contributed by atoms with Gasteiger partial charge < -0.3 is 9.84 Å². The molecule has 7 heteroatoms. The molecular weight excluding hydrogens is 340 g/mol. The molecule has 1 aliphatic rings. The van der Waals surface area contributed by atoms with E-state index in [1.54, 1.807) is 18.7 Å². The Balaban J connectivity index is 1.49. The highest BCUT2D eigenvalue weighted by molar-refractivity contribution is 5.94. The molecule has 0 fully saturated rings. The van der Waals surface area contributed by atoms with Gasteiger partial charge >= 0.3 is 0 Å². The van der Waals surface area contributed by atoms with Crippen molar-refractivity contribution >= 4 is 16.6 Å². The van der Waals surface area contributed by atoms with Crippen LogP contribution in [0.5, 0.6) is 0 Å². The van der Waals surface area contributed by atoms with E-state index >= 15 is 0 Å². The molecule has 5 rings (SSSR count). The van der Waals surface area contributed by atoms with E-state index in [9.17, 15) is 0 Å². The first-order chi connectivity index (χ1) is 13.3. The van der Waals surface area contributed by atoms with E-state index in [-0.39, 0.29) is 6.04 Å². The molecule has 3 heterocycles. The average Bonchev–Trinajstić information content (AvgIpc) is 3.37. The standard InChI is InChI=1S/C20H16N6O/c21-8-12-6-13-2-1-3-18(20(13)22-9-12)24-15-4-5-17-16(7-15)19(26-25-17)14-10-23-27-11-14/h4-7,9-11,18,24H,1-3H2,(H,25,26)/t18-/m0/s1. The first kappa shape index (κ1) is 15.6. The molecule has 132 valence electrons.